The first-order valence-corrected chi connectivity index (χ1v) is 10.6. The molecular formula is C23H21N3O3S. The summed E-state index contributed by atoms with van der Waals surface area (Å²) in [6, 6.07) is 14.7. The number of esters is 1. The van der Waals surface area contributed by atoms with Gasteiger partial charge in [0, 0.05) is 23.2 Å². The second-order valence-corrected chi connectivity index (χ2v) is 7.82. The van der Waals surface area contributed by atoms with Crippen molar-refractivity contribution in [1.82, 2.24) is 9.55 Å². The average Bonchev–Trinajstić information content (AvgIpc) is 3.09. The topological polar surface area (TPSA) is 73.6 Å². The van der Waals surface area contributed by atoms with Crippen molar-refractivity contribution >= 4 is 44.3 Å². The molecule has 1 amide bonds. The Morgan fingerprint density at radius 1 is 1.07 bits per heavy atom. The predicted octanol–water partition coefficient (Wildman–Crippen LogP) is 4.50. The first-order valence-electron chi connectivity index (χ1n) is 9.77. The van der Waals surface area contributed by atoms with Gasteiger partial charge in [0.1, 0.15) is 0 Å². The molecule has 2 aromatic heterocycles. The van der Waals surface area contributed by atoms with Crippen LogP contribution >= 0.6 is 11.3 Å². The van der Waals surface area contributed by atoms with E-state index in [2.05, 4.69) is 9.98 Å². The molecule has 152 valence electrons. The third kappa shape index (κ3) is 3.76. The quantitative estimate of drug-likeness (QED) is 0.457. The third-order valence-electron chi connectivity index (χ3n) is 4.78. The Labute approximate surface area is 177 Å². The minimum atomic E-state index is -0.356. The summed E-state index contributed by atoms with van der Waals surface area (Å²) in [5, 5.41) is 0.903. The molecule has 0 atom stereocenters. The second-order valence-electron chi connectivity index (χ2n) is 6.81. The maximum Gasteiger partial charge on any atom is 0.338 e. The number of hydrogen-bond acceptors (Lipinski definition) is 5. The number of ether oxygens (including phenoxy) is 1. The molecule has 4 aromatic rings. The van der Waals surface area contributed by atoms with Gasteiger partial charge in [-0.2, -0.15) is 4.99 Å². The number of aromatic nitrogens is 2. The van der Waals surface area contributed by atoms with Gasteiger partial charge in [-0.25, -0.2) is 4.79 Å². The Bertz CT molecular complexity index is 1350. The Hall–Kier alpha value is -3.32. The van der Waals surface area contributed by atoms with E-state index in [1.165, 1.54) is 11.3 Å². The van der Waals surface area contributed by atoms with Gasteiger partial charge in [-0.05, 0) is 63.2 Å². The van der Waals surface area contributed by atoms with Gasteiger partial charge in [0.15, 0.2) is 4.80 Å². The molecule has 0 unspecified atom stereocenters. The lowest BCUT2D eigenvalue weighted by atomic mass is 10.1. The van der Waals surface area contributed by atoms with Gasteiger partial charge in [0.25, 0.3) is 5.91 Å². The summed E-state index contributed by atoms with van der Waals surface area (Å²) in [6.45, 7) is 6.70. The maximum atomic E-state index is 12.9. The second kappa shape index (κ2) is 8.20. The summed E-state index contributed by atoms with van der Waals surface area (Å²) in [5.41, 5.74) is 3.72. The Balaban J connectivity index is 1.76. The molecule has 0 radical (unpaired) electrons. The van der Waals surface area contributed by atoms with E-state index in [1.54, 1.807) is 25.1 Å². The normalized spacial score (nSPS) is 11.9. The van der Waals surface area contributed by atoms with Crippen molar-refractivity contribution < 1.29 is 14.3 Å². The van der Waals surface area contributed by atoms with Crippen LogP contribution in [0, 0.1) is 6.92 Å². The molecule has 0 fully saturated rings. The predicted molar refractivity (Wildman–Crippen MR) is 118 cm³/mol. The number of aryl methyl sites for hydroxylation is 2. The first kappa shape index (κ1) is 20.0. The van der Waals surface area contributed by atoms with Crippen LogP contribution in [0.1, 0.15) is 40.3 Å². The van der Waals surface area contributed by atoms with E-state index in [-0.39, 0.29) is 11.9 Å². The third-order valence-corrected chi connectivity index (χ3v) is 5.82. The molecule has 2 heterocycles. The van der Waals surface area contributed by atoms with Crippen LogP contribution in [0.15, 0.2) is 53.5 Å². The molecule has 0 aliphatic carbocycles. The SMILES string of the molecule is CCOC(=O)c1ccc2c(c1)sc(=NC(=O)c1ccc3nc(C)ccc3c1)n2CC. The molecule has 0 aliphatic rings. The van der Waals surface area contributed by atoms with Gasteiger partial charge in [-0.1, -0.05) is 17.4 Å². The number of thiazole rings is 1. The molecule has 0 saturated carbocycles. The van der Waals surface area contributed by atoms with Gasteiger partial charge >= 0.3 is 5.97 Å². The highest BCUT2D eigenvalue weighted by molar-refractivity contribution is 7.16. The zero-order chi connectivity index (χ0) is 21.3. The van der Waals surface area contributed by atoms with E-state index in [0.29, 0.717) is 29.1 Å². The van der Waals surface area contributed by atoms with Crippen molar-refractivity contribution in [3.05, 3.63) is 70.2 Å². The Morgan fingerprint density at radius 2 is 1.87 bits per heavy atom. The maximum absolute atomic E-state index is 12.9. The Kier molecular flexibility index (Phi) is 5.46. The van der Waals surface area contributed by atoms with Gasteiger partial charge in [-0.15, -0.1) is 0 Å². The lowest BCUT2D eigenvalue weighted by Crippen LogP contribution is -2.15. The number of pyridine rings is 1. The number of hydrogen-bond donors (Lipinski definition) is 0. The summed E-state index contributed by atoms with van der Waals surface area (Å²) in [7, 11) is 0. The minimum Gasteiger partial charge on any atom is -0.462 e. The highest BCUT2D eigenvalue weighted by Crippen LogP contribution is 2.20. The van der Waals surface area contributed by atoms with Crippen LogP contribution in [0.4, 0.5) is 0 Å². The van der Waals surface area contributed by atoms with Gasteiger partial charge in [0.05, 0.1) is 27.9 Å². The summed E-state index contributed by atoms with van der Waals surface area (Å²) >= 11 is 1.38. The van der Waals surface area contributed by atoms with E-state index in [0.717, 1.165) is 26.8 Å². The fourth-order valence-electron chi connectivity index (χ4n) is 3.32. The van der Waals surface area contributed by atoms with E-state index in [1.807, 2.05) is 48.7 Å². The largest absolute Gasteiger partial charge is 0.462 e. The van der Waals surface area contributed by atoms with Crippen molar-refractivity contribution in [2.75, 3.05) is 6.61 Å². The molecule has 0 bridgehead atoms. The van der Waals surface area contributed by atoms with E-state index >= 15 is 0 Å². The van der Waals surface area contributed by atoms with Gasteiger partial charge in [-0.3, -0.25) is 9.78 Å². The molecule has 4 rings (SSSR count). The number of amides is 1. The molecule has 0 N–H and O–H groups in total. The Morgan fingerprint density at radius 3 is 2.63 bits per heavy atom. The molecule has 30 heavy (non-hydrogen) atoms. The monoisotopic (exact) mass is 419 g/mol. The summed E-state index contributed by atoms with van der Waals surface area (Å²) in [6.07, 6.45) is 0. The standard InChI is InChI=1S/C23H21N3O3S/c1-4-26-19-11-9-17(22(28)29-5-2)13-20(19)30-23(26)25-21(27)16-8-10-18-15(12-16)7-6-14(3)24-18/h6-13H,4-5H2,1-3H3. The van der Waals surface area contributed by atoms with Crippen LogP contribution in [-0.4, -0.2) is 28.0 Å². The number of carbonyl (C=O) groups excluding carboxylic acids is 2. The summed E-state index contributed by atoms with van der Waals surface area (Å²) in [5.74, 6) is -0.665. The van der Waals surface area contributed by atoms with Crippen LogP contribution < -0.4 is 4.80 Å². The van der Waals surface area contributed by atoms with Crippen LogP contribution in [0.2, 0.25) is 0 Å². The average molecular weight is 420 g/mol. The number of carbonyl (C=O) groups is 2. The van der Waals surface area contributed by atoms with E-state index < -0.39 is 0 Å². The van der Waals surface area contributed by atoms with Crippen molar-refractivity contribution in [2.24, 2.45) is 4.99 Å². The zero-order valence-electron chi connectivity index (χ0n) is 17.0. The number of fused-ring (bicyclic) bond motifs is 2. The van der Waals surface area contributed by atoms with E-state index in [9.17, 15) is 9.59 Å². The molecule has 0 aliphatic heterocycles. The number of nitrogens with zero attached hydrogens (tertiary/aromatic N) is 3. The first-order chi connectivity index (χ1) is 14.5. The van der Waals surface area contributed by atoms with Gasteiger partial charge < -0.3 is 9.30 Å². The molecule has 7 heteroatoms. The molecule has 2 aromatic carbocycles. The molecule has 6 nitrogen and oxygen atoms in total. The summed E-state index contributed by atoms with van der Waals surface area (Å²) in [4.78, 5) is 34.3. The van der Waals surface area contributed by atoms with Crippen LogP contribution in [0.25, 0.3) is 21.1 Å². The van der Waals surface area contributed by atoms with Gasteiger partial charge in [0.2, 0.25) is 0 Å². The van der Waals surface area contributed by atoms with Crippen LogP contribution in [-0.2, 0) is 11.3 Å². The smallest absolute Gasteiger partial charge is 0.338 e. The molecule has 0 saturated heterocycles. The van der Waals surface area contributed by atoms with E-state index in [4.69, 9.17) is 4.74 Å². The fraction of sp³-hybridized carbons (Fsp3) is 0.217. The van der Waals surface area contributed by atoms with Crippen molar-refractivity contribution in [2.45, 2.75) is 27.3 Å². The number of benzene rings is 2. The lowest BCUT2D eigenvalue weighted by Gasteiger charge is -2.03. The molecular weight excluding hydrogens is 398 g/mol. The lowest BCUT2D eigenvalue weighted by molar-refractivity contribution is 0.0526. The highest BCUT2D eigenvalue weighted by Gasteiger charge is 2.13. The zero-order valence-corrected chi connectivity index (χ0v) is 17.8. The summed E-state index contributed by atoms with van der Waals surface area (Å²) < 4.78 is 7.93. The van der Waals surface area contributed by atoms with Crippen LogP contribution in [0.3, 0.4) is 0 Å². The molecule has 0 spiro atoms. The van der Waals surface area contributed by atoms with Crippen molar-refractivity contribution in [1.29, 1.82) is 0 Å². The highest BCUT2D eigenvalue weighted by atomic mass is 32.1. The van der Waals surface area contributed by atoms with Crippen molar-refractivity contribution in [3.63, 3.8) is 0 Å². The minimum absolute atomic E-state index is 0.308. The fourth-order valence-corrected chi connectivity index (χ4v) is 4.45. The number of rotatable bonds is 4. The van der Waals surface area contributed by atoms with Crippen LogP contribution in [0.5, 0.6) is 0 Å². The van der Waals surface area contributed by atoms with Crippen molar-refractivity contribution in [3.8, 4) is 0 Å².